The van der Waals surface area contributed by atoms with Gasteiger partial charge in [-0.3, -0.25) is 9.69 Å². The second-order valence-electron chi connectivity index (χ2n) is 8.70. The van der Waals surface area contributed by atoms with E-state index in [2.05, 4.69) is 46.2 Å². The highest BCUT2D eigenvalue weighted by Crippen LogP contribution is 2.22. The number of tetrazole rings is 1. The predicted molar refractivity (Wildman–Crippen MR) is 125 cm³/mol. The summed E-state index contributed by atoms with van der Waals surface area (Å²) in [4.78, 5) is 18.0. The molecule has 0 unspecified atom stereocenters. The highest BCUT2D eigenvalue weighted by atomic mass is 16.5. The number of benzene rings is 1. The van der Waals surface area contributed by atoms with Gasteiger partial charge in [0.05, 0.1) is 31.5 Å². The van der Waals surface area contributed by atoms with E-state index in [0.717, 1.165) is 34.7 Å². The van der Waals surface area contributed by atoms with Gasteiger partial charge in [0.2, 0.25) is 0 Å². The first kappa shape index (κ1) is 22.7. The average molecular weight is 451 g/mol. The van der Waals surface area contributed by atoms with Gasteiger partial charge in [0.15, 0.2) is 5.82 Å². The van der Waals surface area contributed by atoms with E-state index in [1.54, 1.807) is 6.26 Å². The first-order chi connectivity index (χ1) is 15.9. The fraction of sp³-hybridized carbons (Fsp3) is 0.417. The smallest absolute Gasteiger partial charge is 0.252 e. The van der Waals surface area contributed by atoms with E-state index in [1.807, 2.05) is 48.0 Å². The molecule has 33 heavy (non-hydrogen) atoms. The van der Waals surface area contributed by atoms with E-state index < -0.39 is 0 Å². The van der Waals surface area contributed by atoms with Crippen molar-refractivity contribution < 1.29 is 9.15 Å². The quantitative estimate of drug-likeness (QED) is 0.391. The minimum Gasteiger partial charge on any atom is -0.494 e. The Morgan fingerprint density at radius 1 is 1.15 bits per heavy atom. The molecule has 3 aromatic heterocycles. The van der Waals surface area contributed by atoms with Crippen LogP contribution in [0, 0.1) is 0 Å². The minimum absolute atomic E-state index is 0.121. The van der Waals surface area contributed by atoms with E-state index >= 15 is 0 Å². The molecule has 9 heteroatoms. The monoisotopic (exact) mass is 450 g/mol. The van der Waals surface area contributed by atoms with Crippen molar-refractivity contribution in [3.63, 3.8) is 0 Å². The largest absolute Gasteiger partial charge is 0.494 e. The Hall–Kier alpha value is -3.46. The first-order valence-corrected chi connectivity index (χ1v) is 11.2. The molecular formula is C24H30N6O3. The number of pyridine rings is 1. The molecule has 4 aromatic rings. The van der Waals surface area contributed by atoms with Crippen molar-refractivity contribution in [2.75, 3.05) is 6.61 Å². The lowest BCUT2D eigenvalue weighted by atomic mass is 10.0. The first-order valence-electron chi connectivity index (χ1n) is 11.2. The number of hydrogen-bond acceptors (Lipinski definition) is 7. The third-order valence-corrected chi connectivity index (χ3v) is 5.89. The maximum absolute atomic E-state index is 12.9. The lowest BCUT2D eigenvalue weighted by Crippen LogP contribution is -2.32. The molecule has 0 aliphatic carbocycles. The van der Waals surface area contributed by atoms with Crippen molar-refractivity contribution in [2.24, 2.45) is 0 Å². The van der Waals surface area contributed by atoms with Crippen LogP contribution in [0.2, 0.25) is 0 Å². The molecule has 0 radical (unpaired) electrons. The summed E-state index contributed by atoms with van der Waals surface area (Å²) >= 11 is 0. The standard InChI is InChI=1S/C24H30N6O3/c1-5-24(3,4)30-22(26-27-28-30)16-29(15-20-8-7-11-33-20)14-18-12-17-13-19(32-6-2)9-10-21(17)25-23(18)31/h7-13H,5-6,14-16H2,1-4H3,(H,25,31). The fourth-order valence-corrected chi connectivity index (χ4v) is 3.76. The zero-order chi connectivity index (χ0) is 23.4. The molecule has 1 N–H and O–H groups in total. The molecule has 0 bridgehead atoms. The van der Waals surface area contributed by atoms with Gasteiger partial charge in [0, 0.05) is 23.0 Å². The summed E-state index contributed by atoms with van der Waals surface area (Å²) in [7, 11) is 0. The Balaban J connectivity index is 1.66. The van der Waals surface area contributed by atoms with Gasteiger partial charge < -0.3 is 14.1 Å². The molecule has 0 saturated carbocycles. The highest BCUT2D eigenvalue weighted by Gasteiger charge is 2.25. The van der Waals surface area contributed by atoms with Gasteiger partial charge in [-0.05, 0) is 74.0 Å². The third kappa shape index (κ3) is 5.14. The number of aromatic nitrogens is 5. The summed E-state index contributed by atoms with van der Waals surface area (Å²) in [6.45, 7) is 10.2. The van der Waals surface area contributed by atoms with Gasteiger partial charge >= 0.3 is 0 Å². The summed E-state index contributed by atoms with van der Waals surface area (Å²) in [5, 5.41) is 13.3. The van der Waals surface area contributed by atoms with Crippen molar-refractivity contribution >= 4 is 10.9 Å². The predicted octanol–water partition coefficient (Wildman–Crippen LogP) is 3.85. The van der Waals surface area contributed by atoms with Crippen LogP contribution in [0.1, 0.15) is 51.3 Å². The van der Waals surface area contributed by atoms with Gasteiger partial charge in [-0.25, -0.2) is 4.68 Å². The zero-order valence-corrected chi connectivity index (χ0v) is 19.5. The van der Waals surface area contributed by atoms with E-state index in [0.29, 0.717) is 31.8 Å². The number of nitrogens with zero attached hydrogens (tertiary/aromatic N) is 5. The molecule has 0 fully saturated rings. The lowest BCUT2D eigenvalue weighted by Gasteiger charge is -2.26. The number of hydrogen-bond donors (Lipinski definition) is 1. The summed E-state index contributed by atoms with van der Waals surface area (Å²) in [5.74, 6) is 2.32. The Labute approximate surface area is 192 Å². The van der Waals surface area contributed by atoms with Crippen LogP contribution in [0.25, 0.3) is 10.9 Å². The Morgan fingerprint density at radius 3 is 2.73 bits per heavy atom. The van der Waals surface area contributed by atoms with Crippen molar-refractivity contribution in [1.82, 2.24) is 30.1 Å². The van der Waals surface area contributed by atoms with Gasteiger partial charge in [0.1, 0.15) is 11.5 Å². The molecule has 0 aliphatic heterocycles. The van der Waals surface area contributed by atoms with Crippen LogP contribution in [-0.2, 0) is 25.2 Å². The van der Waals surface area contributed by atoms with Crippen LogP contribution >= 0.6 is 0 Å². The average Bonchev–Trinajstić information content (AvgIpc) is 3.47. The van der Waals surface area contributed by atoms with Crippen LogP contribution < -0.4 is 10.3 Å². The molecule has 0 saturated heterocycles. The number of furan rings is 1. The topological polar surface area (TPSA) is 102 Å². The molecule has 9 nitrogen and oxygen atoms in total. The van der Waals surface area contributed by atoms with Crippen molar-refractivity contribution in [2.45, 2.75) is 59.3 Å². The summed E-state index contributed by atoms with van der Waals surface area (Å²) in [5.41, 5.74) is 1.09. The van der Waals surface area contributed by atoms with Gasteiger partial charge in [-0.2, -0.15) is 0 Å². The number of nitrogens with one attached hydrogen (secondary N) is 1. The van der Waals surface area contributed by atoms with Gasteiger partial charge in [-0.15, -0.1) is 5.10 Å². The maximum atomic E-state index is 12.9. The Morgan fingerprint density at radius 2 is 2.00 bits per heavy atom. The van der Waals surface area contributed by atoms with Crippen LogP contribution in [0.5, 0.6) is 5.75 Å². The molecule has 0 aliphatic rings. The van der Waals surface area contributed by atoms with Crippen molar-refractivity contribution in [3.8, 4) is 5.75 Å². The van der Waals surface area contributed by atoms with Crippen molar-refractivity contribution in [3.05, 3.63) is 70.2 Å². The second-order valence-corrected chi connectivity index (χ2v) is 8.70. The molecule has 3 heterocycles. The van der Waals surface area contributed by atoms with E-state index in [4.69, 9.17) is 9.15 Å². The molecule has 1 aromatic carbocycles. The van der Waals surface area contributed by atoms with Gasteiger partial charge in [0.25, 0.3) is 5.56 Å². The van der Waals surface area contributed by atoms with E-state index in [-0.39, 0.29) is 11.1 Å². The normalized spacial score (nSPS) is 12.0. The van der Waals surface area contributed by atoms with Crippen LogP contribution in [0.3, 0.4) is 0 Å². The molecule has 174 valence electrons. The zero-order valence-electron chi connectivity index (χ0n) is 19.5. The number of rotatable bonds is 10. The molecule has 0 amide bonds. The lowest BCUT2D eigenvalue weighted by molar-refractivity contribution is 0.203. The number of fused-ring (bicyclic) bond motifs is 1. The van der Waals surface area contributed by atoms with E-state index in [1.165, 1.54) is 0 Å². The molecule has 4 rings (SSSR count). The molecule has 0 atom stereocenters. The third-order valence-electron chi connectivity index (χ3n) is 5.89. The number of ether oxygens (including phenoxy) is 1. The summed E-state index contributed by atoms with van der Waals surface area (Å²) in [6, 6.07) is 11.4. The Bertz CT molecular complexity index is 1260. The minimum atomic E-state index is -0.217. The number of H-pyrrole nitrogens is 1. The Kier molecular flexibility index (Phi) is 6.60. The van der Waals surface area contributed by atoms with E-state index in [9.17, 15) is 4.79 Å². The number of aromatic amines is 1. The second kappa shape index (κ2) is 9.58. The molecule has 0 spiro atoms. The van der Waals surface area contributed by atoms with Crippen LogP contribution in [-0.4, -0.2) is 36.7 Å². The maximum Gasteiger partial charge on any atom is 0.252 e. The highest BCUT2D eigenvalue weighted by molar-refractivity contribution is 5.80. The van der Waals surface area contributed by atoms with Crippen LogP contribution in [0.4, 0.5) is 0 Å². The van der Waals surface area contributed by atoms with Crippen molar-refractivity contribution in [1.29, 1.82) is 0 Å². The summed E-state index contributed by atoms with van der Waals surface area (Å²) in [6.07, 6.45) is 2.53. The fourth-order valence-electron chi connectivity index (χ4n) is 3.76. The SMILES string of the molecule is CCOc1ccc2[nH]c(=O)c(CN(Cc3ccco3)Cc3nnnn3C(C)(C)CC)cc2c1. The van der Waals surface area contributed by atoms with Crippen LogP contribution in [0.15, 0.2) is 51.9 Å². The summed E-state index contributed by atoms with van der Waals surface area (Å²) < 4.78 is 13.1. The molecular weight excluding hydrogens is 420 g/mol. The van der Waals surface area contributed by atoms with Gasteiger partial charge in [-0.1, -0.05) is 6.92 Å².